The highest BCUT2D eigenvalue weighted by atomic mass is 32.1. The number of aryl methyl sites for hydroxylation is 1. The van der Waals surface area contributed by atoms with Crippen molar-refractivity contribution in [3.8, 4) is 11.5 Å². The van der Waals surface area contributed by atoms with Gasteiger partial charge in [-0.05, 0) is 45.0 Å². The predicted octanol–water partition coefficient (Wildman–Crippen LogP) is 2.79. The summed E-state index contributed by atoms with van der Waals surface area (Å²) in [6.07, 6.45) is 5.93. The summed E-state index contributed by atoms with van der Waals surface area (Å²) in [5.74, 6) is 0.757. The van der Waals surface area contributed by atoms with Crippen LogP contribution in [0.25, 0.3) is 22.1 Å². The molecule has 5 heterocycles. The van der Waals surface area contributed by atoms with Crippen molar-refractivity contribution in [2.75, 3.05) is 13.1 Å². The van der Waals surface area contributed by atoms with Gasteiger partial charge in [0.25, 0.3) is 0 Å². The Kier molecular flexibility index (Phi) is 3.53. The normalized spacial score (nSPS) is 16.2. The van der Waals surface area contributed by atoms with Crippen LogP contribution >= 0.6 is 11.3 Å². The second kappa shape index (κ2) is 5.89. The first-order valence-corrected chi connectivity index (χ1v) is 9.49. The summed E-state index contributed by atoms with van der Waals surface area (Å²) >= 11 is 1.63. The quantitative estimate of drug-likeness (QED) is 0.567. The third-order valence-corrected chi connectivity index (χ3v) is 5.64. The molecule has 0 radical (unpaired) electrons. The van der Waals surface area contributed by atoms with Gasteiger partial charge in [-0.15, -0.1) is 10.2 Å². The molecule has 4 aromatic rings. The number of fused-ring (bicyclic) bond motifs is 2. The van der Waals surface area contributed by atoms with Crippen molar-refractivity contribution in [1.82, 2.24) is 34.1 Å². The molecule has 0 N–H and O–H groups in total. The van der Waals surface area contributed by atoms with Crippen LogP contribution in [0, 0.1) is 6.92 Å². The Morgan fingerprint density at radius 2 is 2.00 bits per heavy atom. The Labute approximate surface area is 148 Å². The van der Waals surface area contributed by atoms with Crippen LogP contribution in [0.15, 0.2) is 24.4 Å². The fraction of sp³-hybridized carbons (Fsp3) is 0.412. The summed E-state index contributed by atoms with van der Waals surface area (Å²) in [7, 11) is 0. The molecule has 1 saturated heterocycles. The van der Waals surface area contributed by atoms with Gasteiger partial charge in [-0.2, -0.15) is 9.61 Å². The van der Waals surface area contributed by atoms with Gasteiger partial charge in [0.15, 0.2) is 0 Å². The van der Waals surface area contributed by atoms with E-state index >= 15 is 0 Å². The van der Waals surface area contributed by atoms with E-state index in [1.807, 2.05) is 35.8 Å². The zero-order valence-corrected chi connectivity index (χ0v) is 14.9. The Bertz CT molecular complexity index is 1040. The third kappa shape index (κ3) is 2.52. The SMILES string of the molecule is Cc1nc2ccccn2c1-c1nnc2sc(CN3CCCCC3)nn12. The van der Waals surface area contributed by atoms with Crippen LogP contribution in [0.1, 0.15) is 30.0 Å². The molecule has 1 fully saturated rings. The number of imidazole rings is 1. The molecule has 0 amide bonds. The summed E-state index contributed by atoms with van der Waals surface area (Å²) in [6.45, 7) is 5.24. The molecular weight excluding hydrogens is 334 g/mol. The van der Waals surface area contributed by atoms with Gasteiger partial charge in [-0.25, -0.2) is 4.98 Å². The molecule has 5 rings (SSSR count). The summed E-state index contributed by atoms with van der Waals surface area (Å²) in [5, 5.41) is 14.6. The highest BCUT2D eigenvalue weighted by Crippen LogP contribution is 2.26. The van der Waals surface area contributed by atoms with Crippen LogP contribution in [-0.4, -0.2) is 47.2 Å². The fourth-order valence-electron chi connectivity index (χ4n) is 3.56. The first-order valence-electron chi connectivity index (χ1n) is 8.67. The van der Waals surface area contributed by atoms with Crippen molar-refractivity contribution >= 4 is 21.9 Å². The van der Waals surface area contributed by atoms with Gasteiger partial charge in [-0.3, -0.25) is 9.30 Å². The summed E-state index contributed by atoms with van der Waals surface area (Å²) in [4.78, 5) is 7.95. The molecule has 0 spiro atoms. The highest BCUT2D eigenvalue weighted by Gasteiger charge is 2.20. The van der Waals surface area contributed by atoms with Gasteiger partial charge in [0.1, 0.15) is 16.3 Å². The second-order valence-corrected chi connectivity index (χ2v) is 7.57. The number of nitrogens with zero attached hydrogens (tertiary/aromatic N) is 7. The lowest BCUT2D eigenvalue weighted by atomic mass is 10.1. The molecule has 0 aromatic carbocycles. The van der Waals surface area contributed by atoms with Crippen molar-refractivity contribution in [3.63, 3.8) is 0 Å². The molecule has 4 aromatic heterocycles. The van der Waals surface area contributed by atoms with E-state index in [0.717, 1.165) is 39.4 Å². The van der Waals surface area contributed by atoms with Crippen LogP contribution in [0.4, 0.5) is 0 Å². The van der Waals surface area contributed by atoms with Gasteiger partial charge < -0.3 is 0 Å². The third-order valence-electron chi connectivity index (χ3n) is 4.76. The number of likely N-dealkylation sites (tertiary alicyclic amines) is 1. The minimum Gasteiger partial charge on any atom is -0.297 e. The molecule has 8 heteroatoms. The van der Waals surface area contributed by atoms with E-state index in [0.29, 0.717) is 0 Å². The van der Waals surface area contributed by atoms with E-state index in [4.69, 9.17) is 5.10 Å². The van der Waals surface area contributed by atoms with E-state index in [1.165, 1.54) is 32.4 Å². The molecule has 25 heavy (non-hydrogen) atoms. The molecule has 0 saturated carbocycles. The maximum absolute atomic E-state index is 4.80. The monoisotopic (exact) mass is 353 g/mol. The minimum absolute atomic E-state index is 0.757. The summed E-state index contributed by atoms with van der Waals surface area (Å²) in [6, 6.07) is 5.99. The summed E-state index contributed by atoms with van der Waals surface area (Å²) < 4.78 is 3.92. The molecule has 128 valence electrons. The average molecular weight is 353 g/mol. The van der Waals surface area contributed by atoms with Crippen molar-refractivity contribution in [2.45, 2.75) is 32.7 Å². The minimum atomic E-state index is 0.757. The van der Waals surface area contributed by atoms with Crippen LogP contribution in [-0.2, 0) is 6.54 Å². The molecule has 1 aliphatic rings. The topological polar surface area (TPSA) is 63.6 Å². The Balaban J connectivity index is 1.56. The first-order chi connectivity index (χ1) is 12.3. The Hall–Kier alpha value is -2.32. The number of hydrogen-bond acceptors (Lipinski definition) is 6. The maximum Gasteiger partial charge on any atom is 0.235 e. The Morgan fingerprint density at radius 3 is 2.88 bits per heavy atom. The molecule has 1 aliphatic heterocycles. The predicted molar refractivity (Wildman–Crippen MR) is 96.7 cm³/mol. The lowest BCUT2D eigenvalue weighted by Crippen LogP contribution is -2.29. The smallest absolute Gasteiger partial charge is 0.235 e. The van der Waals surface area contributed by atoms with Gasteiger partial charge in [-0.1, -0.05) is 23.8 Å². The number of pyridine rings is 1. The average Bonchev–Trinajstić information content (AvgIpc) is 3.27. The molecule has 0 unspecified atom stereocenters. The zero-order valence-electron chi connectivity index (χ0n) is 14.1. The first kappa shape index (κ1) is 15.0. The van der Waals surface area contributed by atoms with Crippen LogP contribution in [0.3, 0.4) is 0 Å². The standard InChI is InChI=1S/C17H19N7S/c1-12-15(23-10-6-3-7-13(23)18-12)16-19-20-17-24(16)21-14(25-17)11-22-8-4-2-5-9-22/h3,6-7,10H,2,4-5,8-9,11H2,1H3. The van der Waals surface area contributed by atoms with Crippen molar-refractivity contribution in [1.29, 1.82) is 0 Å². The molecule has 7 nitrogen and oxygen atoms in total. The maximum atomic E-state index is 4.80. The van der Waals surface area contributed by atoms with E-state index in [1.54, 1.807) is 11.3 Å². The number of aromatic nitrogens is 6. The van der Waals surface area contributed by atoms with Gasteiger partial charge >= 0.3 is 0 Å². The van der Waals surface area contributed by atoms with Crippen LogP contribution in [0.2, 0.25) is 0 Å². The van der Waals surface area contributed by atoms with Crippen LogP contribution < -0.4 is 0 Å². The lowest BCUT2D eigenvalue weighted by molar-refractivity contribution is 0.220. The number of rotatable bonds is 3. The van der Waals surface area contributed by atoms with Crippen molar-refractivity contribution in [2.24, 2.45) is 0 Å². The van der Waals surface area contributed by atoms with E-state index in [-0.39, 0.29) is 0 Å². The van der Waals surface area contributed by atoms with Crippen molar-refractivity contribution in [3.05, 3.63) is 35.1 Å². The van der Waals surface area contributed by atoms with E-state index < -0.39 is 0 Å². The van der Waals surface area contributed by atoms with Crippen LogP contribution in [0.5, 0.6) is 0 Å². The van der Waals surface area contributed by atoms with Gasteiger partial charge in [0, 0.05) is 6.20 Å². The zero-order chi connectivity index (χ0) is 16.8. The highest BCUT2D eigenvalue weighted by molar-refractivity contribution is 7.16. The number of piperidine rings is 1. The molecule has 0 atom stereocenters. The van der Waals surface area contributed by atoms with E-state index in [9.17, 15) is 0 Å². The van der Waals surface area contributed by atoms with Gasteiger partial charge in [0.05, 0.1) is 12.2 Å². The van der Waals surface area contributed by atoms with E-state index in [2.05, 4.69) is 24.5 Å². The lowest BCUT2D eigenvalue weighted by Gasteiger charge is -2.24. The number of hydrogen-bond donors (Lipinski definition) is 0. The van der Waals surface area contributed by atoms with Crippen molar-refractivity contribution < 1.29 is 0 Å². The Morgan fingerprint density at radius 1 is 1.12 bits per heavy atom. The molecule has 0 bridgehead atoms. The fourth-order valence-corrected chi connectivity index (χ4v) is 4.44. The summed E-state index contributed by atoms with van der Waals surface area (Å²) in [5.41, 5.74) is 2.81. The second-order valence-electron chi connectivity index (χ2n) is 6.53. The largest absolute Gasteiger partial charge is 0.297 e. The molecular formula is C17H19N7S. The van der Waals surface area contributed by atoms with Gasteiger partial charge in [0.2, 0.25) is 10.8 Å². The molecule has 0 aliphatic carbocycles.